The Labute approximate surface area is 85.5 Å². The van der Waals surface area contributed by atoms with Gasteiger partial charge in [-0.1, -0.05) is 0 Å². The summed E-state index contributed by atoms with van der Waals surface area (Å²) in [4.78, 5) is 14.2. The number of H-pyrrole nitrogens is 1. The van der Waals surface area contributed by atoms with Crippen molar-refractivity contribution in [2.24, 2.45) is 0 Å². The maximum atomic E-state index is 11.5. The van der Waals surface area contributed by atoms with Gasteiger partial charge in [0.15, 0.2) is 5.43 Å². The lowest BCUT2D eigenvalue weighted by atomic mass is 10.1. The average Bonchev–Trinajstić information content (AvgIpc) is 2.23. The van der Waals surface area contributed by atoms with Crippen LogP contribution in [0.25, 0.3) is 11.1 Å². The average molecular weight is 203 g/mol. The second-order valence-electron chi connectivity index (χ2n) is 3.12. The Balaban J connectivity index is 2.69. The molecule has 0 amide bonds. The summed E-state index contributed by atoms with van der Waals surface area (Å²) in [6.07, 6.45) is 2.99. The molecule has 0 saturated carbocycles. The van der Waals surface area contributed by atoms with E-state index in [0.717, 1.165) is 0 Å². The van der Waals surface area contributed by atoms with E-state index in [0.29, 0.717) is 11.1 Å². The third-order valence-corrected chi connectivity index (χ3v) is 2.09. The molecule has 1 aromatic heterocycles. The molecule has 0 radical (unpaired) electrons. The first-order valence-electron chi connectivity index (χ1n) is 4.38. The Hall–Kier alpha value is -2.23. The van der Waals surface area contributed by atoms with Crippen LogP contribution >= 0.6 is 0 Å². The van der Waals surface area contributed by atoms with E-state index in [1.807, 2.05) is 0 Å². The predicted molar refractivity (Wildman–Crippen MR) is 55.8 cm³/mol. The van der Waals surface area contributed by atoms with Gasteiger partial charge < -0.3 is 15.2 Å². The minimum absolute atomic E-state index is 0.00560. The Kier molecular flexibility index (Phi) is 2.17. The molecule has 4 heteroatoms. The van der Waals surface area contributed by atoms with Crippen molar-refractivity contribution in [2.45, 2.75) is 0 Å². The number of phenols is 2. The number of hydrogen-bond acceptors (Lipinski definition) is 3. The van der Waals surface area contributed by atoms with Crippen molar-refractivity contribution >= 4 is 0 Å². The summed E-state index contributed by atoms with van der Waals surface area (Å²) in [5, 5.41) is 18.8. The molecule has 2 rings (SSSR count). The van der Waals surface area contributed by atoms with Gasteiger partial charge in [0.25, 0.3) is 0 Å². The Morgan fingerprint density at radius 1 is 1.07 bits per heavy atom. The molecule has 3 N–H and O–H groups in total. The van der Waals surface area contributed by atoms with E-state index in [4.69, 9.17) is 0 Å². The Bertz CT molecular complexity index is 546. The van der Waals surface area contributed by atoms with E-state index < -0.39 is 0 Å². The number of pyridine rings is 1. The van der Waals surface area contributed by atoms with Gasteiger partial charge >= 0.3 is 0 Å². The summed E-state index contributed by atoms with van der Waals surface area (Å²) >= 11 is 0. The zero-order valence-corrected chi connectivity index (χ0v) is 7.77. The van der Waals surface area contributed by atoms with Crippen molar-refractivity contribution in [3.63, 3.8) is 0 Å². The highest BCUT2D eigenvalue weighted by molar-refractivity contribution is 5.70. The first-order valence-corrected chi connectivity index (χ1v) is 4.38. The highest BCUT2D eigenvalue weighted by Crippen LogP contribution is 2.29. The molecule has 1 heterocycles. The highest BCUT2D eigenvalue weighted by Gasteiger charge is 2.08. The van der Waals surface area contributed by atoms with Crippen LogP contribution < -0.4 is 5.43 Å². The lowest BCUT2D eigenvalue weighted by Gasteiger charge is -2.03. The lowest BCUT2D eigenvalue weighted by molar-refractivity contribution is 0.462. The van der Waals surface area contributed by atoms with Crippen molar-refractivity contribution in [3.05, 3.63) is 46.9 Å². The van der Waals surface area contributed by atoms with Crippen molar-refractivity contribution in [3.8, 4) is 22.6 Å². The molecule has 4 nitrogen and oxygen atoms in total. The number of nitrogens with one attached hydrogen (secondary N) is 1. The maximum absolute atomic E-state index is 11.5. The van der Waals surface area contributed by atoms with Gasteiger partial charge in [-0.25, -0.2) is 0 Å². The molecule has 0 atom stereocenters. The number of benzene rings is 1. The van der Waals surface area contributed by atoms with Crippen molar-refractivity contribution < 1.29 is 10.2 Å². The monoisotopic (exact) mass is 203 g/mol. The Morgan fingerprint density at radius 3 is 2.60 bits per heavy atom. The van der Waals surface area contributed by atoms with Crippen LogP contribution in [0.1, 0.15) is 0 Å². The summed E-state index contributed by atoms with van der Waals surface area (Å²) < 4.78 is 0. The van der Waals surface area contributed by atoms with Gasteiger partial charge in [0.1, 0.15) is 11.5 Å². The molecule has 0 aliphatic carbocycles. The van der Waals surface area contributed by atoms with E-state index in [1.54, 1.807) is 0 Å². The van der Waals surface area contributed by atoms with Crippen molar-refractivity contribution in [1.82, 2.24) is 4.98 Å². The summed E-state index contributed by atoms with van der Waals surface area (Å²) in [5.41, 5.74) is 0.428. The van der Waals surface area contributed by atoms with Crippen LogP contribution in [0.5, 0.6) is 11.5 Å². The molecule has 0 spiro atoms. The molecule has 0 aliphatic rings. The second kappa shape index (κ2) is 3.49. The highest BCUT2D eigenvalue weighted by atomic mass is 16.3. The topological polar surface area (TPSA) is 73.3 Å². The zero-order chi connectivity index (χ0) is 10.8. The Morgan fingerprint density at radius 2 is 1.87 bits per heavy atom. The van der Waals surface area contributed by atoms with Gasteiger partial charge in [-0.05, 0) is 18.2 Å². The third kappa shape index (κ3) is 1.69. The van der Waals surface area contributed by atoms with Crippen LogP contribution in [-0.2, 0) is 0 Å². The lowest BCUT2D eigenvalue weighted by Crippen LogP contribution is -2.02. The molecule has 0 fully saturated rings. The van der Waals surface area contributed by atoms with Crippen LogP contribution in [0.3, 0.4) is 0 Å². The number of hydrogen-bond donors (Lipinski definition) is 3. The van der Waals surface area contributed by atoms with Crippen LogP contribution in [-0.4, -0.2) is 15.2 Å². The minimum atomic E-state index is -0.213. The van der Waals surface area contributed by atoms with E-state index in [1.165, 1.54) is 36.7 Å². The quantitative estimate of drug-likeness (QED) is 0.614. The normalized spacial score (nSPS) is 10.1. The van der Waals surface area contributed by atoms with Crippen LogP contribution in [0.2, 0.25) is 0 Å². The van der Waals surface area contributed by atoms with E-state index in [-0.39, 0.29) is 16.9 Å². The second-order valence-corrected chi connectivity index (χ2v) is 3.12. The number of aromatic hydroxyl groups is 2. The van der Waals surface area contributed by atoms with Gasteiger partial charge in [-0.2, -0.15) is 0 Å². The molecule has 2 aromatic rings. The molecule has 15 heavy (non-hydrogen) atoms. The van der Waals surface area contributed by atoms with Gasteiger partial charge in [-0.3, -0.25) is 4.79 Å². The fourth-order valence-electron chi connectivity index (χ4n) is 1.37. The molecule has 0 unspecified atom stereocenters. The summed E-state index contributed by atoms with van der Waals surface area (Å²) in [6, 6.07) is 5.41. The summed E-state index contributed by atoms with van der Waals surface area (Å²) in [7, 11) is 0. The number of aromatic nitrogens is 1. The van der Waals surface area contributed by atoms with Crippen LogP contribution in [0, 0.1) is 0 Å². The van der Waals surface area contributed by atoms with E-state index >= 15 is 0 Å². The van der Waals surface area contributed by atoms with Gasteiger partial charge in [0.05, 0.1) is 0 Å². The standard InChI is InChI=1S/C11H9NO3/c13-7-1-2-10(14)8(5-7)9-6-12-4-3-11(9)15/h1-6,13-14H,(H,12,15). The minimum Gasteiger partial charge on any atom is -0.508 e. The number of phenolic OH excluding ortho intramolecular Hbond substituents is 2. The molecule has 1 aromatic carbocycles. The van der Waals surface area contributed by atoms with Gasteiger partial charge in [-0.15, -0.1) is 0 Å². The largest absolute Gasteiger partial charge is 0.508 e. The molecule has 76 valence electrons. The fourth-order valence-corrected chi connectivity index (χ4v) is 1.37. The molecular formula is C11H9NO3. The van der Waals surface area contributed by atoms with Crippen molar-refractivity contribution in [2.75, 3.05) is 0 Å². The molecular weight excluding hydrogens is 194 g/mol. The SMILES string of the molecule is O=c1cc[nH]cc1-c1cc(O)ccc1O. The molecule has 0 aliphatic heterocycles. The number of aromatic amines is 1. The van der Waals surface area contributed by atoms with E-state index in [9.17, 15) is 15.0 Å². The maximum Gasteiger partial charge on any atom is 0.189 e. The first-order chi connectivity index (χ1) is 7.18. The zero-order valence-electron chi connectivity index (χ0n) is 7.77. The van der Waals surface area contributed by atoms with Crippen molar-refractivity contribution in [1.29, 1.82) is 0 Å². The predicted octanol–water partition coefficient (Wildman–Crippen LogP) is 1.45. The smallest absolute Gasteiger partial charge is 0.189 e. The number of rotatable bonds is 1. The summed E-state index contributed by atoms with van der Waals surface area (Å²) in [6.45, 7) is 0. The molecule has 0 bridgehead atoms. The van der Waals surface area contributed by atoms with Crippen LogP contribution in [0.15, 0.2) is 41.5 Å². The van der Waals surface area contributed by atoms with Gasteiger partial charge in [0, 0.05) is 29.6 Å². The van der Waals surface area contributed by atoms with Gasteiger partial charge in [0.2, 0.25) is 0 Å². The first kappa shape index (κ1) is 9.33. The third-order valence-electron chi connectivity index (χ3n) is 2.09. The van der Waals surface area contributed by atoms with E-state index in [2.05, 4.69) is 4.98 Å². The summed E-state index contributed by atoms with van der Waals surface area (Å²) in [5.74, 6) is -0.0319. The fraction of sp³-hybridized carbons (Fsp3) is 0. The molecule has 0 saturated heterocycles. The van der Waals surface area contributed by atoms with Crippen LogP contribution in [0.4, 0.5) is 0 Å².